The van der Waals surface area contributed by atoms with E-state index in [1.165, 1.54) is 38.5 Å². The van der Waals surface area contributed by atoms with Crippen LogP contribution in [-0.2, 0) is 0 Å². The summed E-state index contributed by atoms with van der Waals surface area (Å²) >= 11 is 0. The van der Waals surface area contributed by atoms with Gasteiger partial charge in [0.1, 0.15) is 5.54 Å². The monoisotopic (exact) mass is 220 g/mol. The minimum Gasteiger partial charge on any atom is -0.297 e. The first-order valence-corrected chi connectivity index (χ1v) is 6.79. The smallest absolute Gasteiger partial charge is 0.107 e. The molecule has 90 valence electrons. The van der Waals surface area contributed by atoms with Crippen LogP contribution in [0, 0.1) is 16.7 Å². The zero-order valence-electron chi connectivity index (χ0n) is 10.7. The highest BCUT2D eigenvalue weighted by Crippen LogP contribution is 2.51. The van der Waals surface area contributed by atoms with E-state index in [0.29, 0.717) is 11.5 Å². The molecule has 0 aliphatic heterocycles. The summed E-state index contributed by atoms with van der Waals surface area (Å²) in [4.78, 5) is 0. The Balaban J connectivity index is 1.99. The fourth-order valence-corrected chi connectivity index (χ4v) is 3.67. The first kappa shape index (κ1) is 11.9. The van der Waals surface area contributed by atoms with Gasteiger partial charge in [0.05, 0.1) is 6.07 Å². The van der Waals surface area contributed by atoms with Gasteiger partial charge in [-0.1, -0.05) is 12.8 Å². The summed E-state index contributed by atoms with van der Waals surface area (Å²) in [5.74, 6) is 0. The summed E-state index contributed by atoms with van der Waals surface area (Å²) in [5.41, 5.74) is 0.404. The van der Waals surface area contributed by atoms with Crippen molar-refractivity contribution < 1.29 is 0 Å². The molecule has 2 heteroatoms. The van der Waals surface area contributed by atoms with E-state index in [-0.39, 0.29) is 5.54 Å². The topological polar surface area (TPSA) is 35.8 Å². The van der Waals surface area contributed by atoms with Crippen molar-refractivity contribution in [3.63, 3.8) is 0 Å². The maximum atomic E-state index is 9.41. The summed E-state index contributed by atoms with van der Waals surface area (Å²) in [6.07, 6.45) is 10.3. The van der Waals surface area contributed by atoms with Crippen molar-refractivity contribution in [2.75, 3.05) is 0 Å². The van der Waals surface area contributed by atoms with E-state index in [4.69, 9.17) is 0 Å². The Morgan fingerprint density at radius 1 is 1.00 bits per heavy atom. The molecule has 2 saturated carbocycles. The zero-order chi connectivity index (χ0) is 11.6. The zero-order valence-corrected chi connectivity index (χ0v) is 10.7. The lowest BCUT2D eigenvalue weighted by Gasteiger charge is -2.42. The molecule has 16 heavy (non-hydrogen) atoms. The Kier molecular flexibility index (Phi) is 3.26. The second kappa shape index (κ2) is 4.37. The summed E-state index contributed by atoms with van der Waals surface area (Å²) in [6.45, 7) is 4.28. The molecule has 1 N–H and O–H groups in total. The number of hydrogen-bond donors (Lipinski definition) is 1. The van der Waals surface area contributed by atoms with Crippen LogP contribution in [0.1, 0.15) is 65.2 Å². The minimum atomic E-state index is -0.220. The standard InChI is InChI=1S/C14H24N2/c1-12(2)16-14(11-15)9-7-13(8-10-14)5-3-4-6-13/h12,16H,3-10H2,1-2H3. The fourth-order valence-electron chi connectivity index (χ4n) is 3.67. The molecule has 0 aromatic carbocycles. The van der Waals surface area contributed by atoms with Crippen molar-refractivity contribution in [2.45, 2.75) is 76.8 Å². The van der Waals surface area contributed by atoms with E-state index in [1.54, 1.807) is 0 Å². The largest absolute Gasteiger partial charge is 0.297 e. The van der Waals surface area contributed by atoms with Gasteiger partial charge in [-0.15, -0.1) is 0 Å². The number of nitrogens with one attached hydrogen (secondary N) is 1. The molecule has 0 saturated heterocycles. The number of rotatable bonds is 2. The first-order chi connectivity index (χ1) is 7.60. The Labute approximate surface area is 99.4 Å². The molecule has 2 fully saturated rings. The Bertz CT molecular complexity index is 272. The van der Waals surface area contributed by atoms with Crippen molar-refractivity contribution in [1.82, 2.24) is 5.32 Å². The quantitative estimate of drug-likeness (QED) is 0.774. The summed E-state index contributed by atoms with van der Waals surface area (Å²) in [6, 6.07) is 2.96. The molecular formula is C14H24N2. The summed E-state index contributed by atoms with van der Waals surface area (Å²) in [5, 5.41) is 12.9. The van der Waals surface area contributed by atoms with Gasteiger partial charge in [-0.05, 0) is 57.8 Å². The van der Waals surface area contributed by atoms with Crippen molar-refractivity contribution in [3.05, 3.63) is 0 Å². The van der Waals surface area contributed by atoms with Gasteiger partial charge in [-0.3, -0.25) is 5.32 Å². The van der Waals surface area contributed by atoms with E-state index < -0.39 is 0 Å². The Hall–Kier alpha value is -0.550. The van der Waals surface area contributed by atoms with Gasteiger partial charge >= 0.3 is 0 Å². The van der Waals surface area contributed by atoms with Crippen molar-refractivity contribution in [2.24, 2.45) is 5.41 Å². The normalized spacial score (nSPS) is 27.1. The summed E-state index contributed by atoms with van der Waals surface area (Å²) in [7, 11) is 0. The van der Waals surface area contributed by atoms with E-state index in [2.05, 4.69) is 25.2 Å². The predicted molar refractivity (Wildman–Crippen MR) is 66.0 cm³/mol. The van der Waals surface area contributed by atoms with Crippen LogP contribution in [0.25, 0.3) is 0 Å². The average molecular weight is 220 g/mol. The second-order valence-electron chi connectivity index (χ2n) is 6.20. The Morgan fingerprint density at radius 3 is 2.00 bits per heavy atom. The van der Waals surface area contributed by atoms with Crippen LogP contribution in [0.3, 0.4) is 0 Å². The van der Waals surface area contributed by atoms with E-state index in [0.717, 1.165) is 12.8 Å². The maximum absolute atomic E-state index is 9.41. The van der Waals surface area contributed by atoms with Crippen LogP contribution >= 0.6 is 0 Å². The fraction of sp³-hybridized carbons (Fsp3) is 0.929. The third kappa shape index (κ3) is 2.25. The molecule has 0 unspecified atom stereocenters. The lowest BCUT2D eigenvalue weighted by atomic mass is 9.66. The summed E-state index contributed by atoms with van der Waals surface area (Å²) < 4.78 is 0. The lowest BCUT2D eigenvalue weighted by Crippen LogP contribution is -2.51. The Morgan fingerprint density at radius 2 is 1.56 bits per heavy atom. The third-order valence-electron chi connectivity index (χ3n) is 4.61. The highest BCUT2D eigenvalue weighted by molar-refractivity contribution is 5.12. The van der Waals surface area contributed by atoms with Gasteiger partial charge in [0.15, 0.2) is 0 Å². The van der Waals surface area contributed by atoms with Crippen LogP contribution < -0.4 is 5.32 Å². The van der Waals surface area contributed by atoms with Crippen molar-refractivity contribution in [3.8, 4) is 6.07 Å². The van der Waals surface area contributed by atoms with Gasteiger partial charge in [0, 0.05) is 6.04 Å². The molecule has 0 heterocycles. The molecule has 0 amide bonds. The molecule has 0 atom stereocenters. The molecule has 0 radical (unpaired) electrons. The second-order valence-corrected chi connectivity index (χ2v) is 6.20. The van der Waals surface area contributed by atoms with Gasteiger partial charge < -0.3 is 0 Å². The van der Waals surface area contributed by atoms with E-state index >= 15 is 0 Å². The first-order valence-electron chi connectivity index (χ1n) is 6.79. The van der Waals surface area contributed by atoms with Gasteiger partial charge in [-0.2, -0.15) is 5.26 Å². The predicted octanol–water partition coefficient (Wildman–Crippen LogP) is 3.38. The molecule has 2 aliphatic rings. The molecule has 2 aliphatic carbocycles. The van der Waals surface area contributed by atoms with Crippen LogP contribution in [0.5, 0.6) is 0 Å². The molecule has 0 bridgehead atoms. The van der Waals surface area contributed by atoms with Gasteiger partial charge in [0.25, 0.3) is 0 Å². The van der Waals surface area contributed by atoms with Gasteiger partial charge in [-0.25, -0.2) is 0 Å². The van der Waals surface area contributed by atoms with Crippen LogP contribution in [-0.4, -0.2) is 11.6 Å². The van der Waals surface area contributed by atoms with E-state index in [1.807, 2.05) is 0 Å². The molecule has 2 nitrogen and oxygen atoms in total. The number of hydrogen-bond acceptors (Lipinski definition) is 2. The molecule has 0 aromatic rings. The van der Waals surface area contributed by atoms with E-state index in [9.17, 15) is 5.26 Å². The van der Waals surface area contributed by atoms with Crippen molar-refractivity contribution >= 4 is 0 Å². The third-order valence-corrected chi connectivity index (χ3v) is 4.61. The average Bonchev–Trinajstić information content (AvgIpc) is 2.71. The van der Waals surface area contributed by atoms with Crippen molar-refractivity contribution in [1.29, 1.82) is 5.26 Å². The van der Waals surface area contributed by atoms with Crippen LogP contribution in [0.15, 0.2) is 0 Å². The molecule has 2 rings (SSSR count). The number of nitrogens with zero attached hydrogens (tertiary/aromatic N) is 1. The molecule has 1 spiro atoms. The SMILES string of the molecule is CC(C)NC1(C#N)CCC2(CCCC2)CC1. The van der Waals surface area contributed by atoms with Crippen LogP contribution in [0.4, 0.5) is 0 Å². The maximum Gasteiger partial charge on any atom is 0.107 e. The highest BCUT2D eigenvalue weighted by atomic mass is 15.0. The molecule has 0 aromatic heterocycles. The number of nitriles is 1. The minimum absolute atomic E-state index is 0.220. The molecular weight excluding hydrogens is 196 g/mol. The lowest BCUT2D eigenvalue weighted by molar-refractivity contribution is 0.135. The highest BCUT2D eigenvalue weighted by Gasteiger charge is 2.44. The van der Waals surface area contributed by atoms with Crippen LogP contribution in [0.2, 0.25) is 0 Å². The van der Waals surface area contributed by atoms with Gasteiger partial charge in [0.2, 0.25) is 0 Å².